The molecule has 1 rings (SSSR count). The minimum Gasteiger partial charge on any atom is -0.263 e. The number of pyridine rings is 1. The lowest BCUT2D eigenvalue weighted by atomic mass is 10.3. The van der Waals surface area contributed by atoms with Crippen LogP contribution in [-0.4, -0.2) is 16.1 Å². The van der Waals surface area contributed by atoms with Crippen molar-refractivity contribution in [2.45, 2.75) is 24.3 Å². The van der Waals surface area contributed by atoms with Gasteiger partial charge in [0.2, 0.25) is 0 Å². The van der Waals surface area contributed by atoms with Gasteiger partial charge in [-0.05, 0) is 18.1 Å². The summed E-state index contributed by atoms with van der Waals surface area (Å²) >= 11 is 13.5. The Labute approximate surface area is 99.2 Å². The van der Waals surface area contributed by atoms with Crippen LogP contribution >= 0.6 is 35.0 Å². The lowest BCUT2D eigenvalue weighted by Crippen LogP contribution is -1.97. The standard InChI is InChI=1S/C10H13Cl2NS/c1-8(2-4-11)14-7-9-3-5-13-6-10(9)12/h3,5-6,8H,2,4,7H2,1H3. The lowest BCUT2D eigenvalue weighted by Gasteiger charge is -2.09. The highest BCUT2D eigenvalue weighted by Gasteiger charge is 2.04. The molecule has 0 spiro atoms. The molecule has 78 valence electrons. The predicted octanol–water partition coefficient (Wildman–Crippen LogP) is 3.99. The molecule has 1 nitrogen and oxygen atoms in total. The van der Waals surface area contributed by atoms with Gasteiger partial charge in [-0.15, -0.1) is 11.6 Å². The Balaban J connectivity index is 2.41. The highest BCUT2D eigenvalue weighted by Crippen LogP contribution is 2.24. The van der Waals surface area contributed by atoms with Gasteiger partial charge in [0.05, 0.1) is 5.02 Å². The highest BCUT2D eigenvalue weighted by atomic mass is 35.5. The second-order valence-corrected chi connectivity index (χ2v) is 5.28. The molecule has 14 heavy (non-hydrogen) atoms. The molecule has 0 aliphatic carbocycles. The normalized spacial score (nSPS) is 12.8. The van der Waals surface area contributed by atoms with E-state index in [0.717, 1.165) is 28.6 Å². The van der Waals surface area contributed by atoms with Crippen LogP contribution in [0.15, 0.2) is 18.5 Å². The fraction of sp³-hybridized carbons (Fsp3) is 0.500. The van der Waals surface area contributed by atoms with Crippen molar-refractivity contribution in [2.75, 3.05) is 5.88 Å². The van der Waals surface area contributed by atoms with Gasteiger partial charge in [-0.25, -0.2) is 0 Å². The Morgan fingerprint density at radius 1 is 1.57 bits per heavy atom. The minimum atomic E-state index is 0.580. The summed E-state index contributed by atoms with van der Waals surface area (Å²) < 4.78 is 0. The van der Waals surface area contributed by atoms with Crippen molar-refractivity contribution < 1.29 is 0 Å². The van der Waals surface area contributed by atoms with Crippen molar-refractivity contribution in [2.24, 2.45) is 0 Å². The van der Waals surface area contributed by atoms with E-state index in [1.54, 1.807) is 12.4 Å². The molecule has 0 aliphatic heterocycles. The third-order valence-corrected chi connectivity index (χ3v) is 3.74. The maximum atomic E-state index is 5.98. The maximum absolute atomic E-state index is 5.98. The van der Waals surface area contributed by atoms with E-state index in [9.17, 15) is 0 Å². The Hall–Kier alpha value is 0.0800. The molecule has 0 saturated heterocycles. The van der Waals surface area contributed by atoms with Gasteiger partial charge < -0.3 is 0 Å². The van der Waals surface area contributed by atoms with Crippen molar-refractivity contribution in [3.05, 3.63) is 29.0 Å². The SMILES string of the molecule is CC(CCCl)SCc1ccncc1Cl. The van der Waals surface area contributed by atoms with Gasteiger partial charge in [0, 0.05) is 29.3 Å². The molecule has 0 aromatic carbocycles. The molecular formula is C10H13Cl2NS. The monoisotopic (exact) mass is 249 g/mol. The second-order valence-electron chi connectivity index (χ2n) is 3.07. The Bertz CT molecular complexity index is 281. The van der Waals surface area contributed by atoms with Crippen LogP contribution in [0.25, 0.3) is 0 Å². The fourth-order valence-electron chi connectivity index (χ4n) is 0.990. The van der Waals surface area contributed by atoms with Crippen molar-refractivity contribution in [1.82, 2.24) is 4.98 Å². The predicted molar refractivity (Wildman–Crippen MR) is 65.3 cm³/mol. The molecule has 1 aromatic heterocycles. The quantitative estimate of drug-likeness (QED) is 0.733. The number of halogens is 2. The number of rotatable bonds is 5. The molecule has 1 aromatic rings. The molecule has 0 amide bonds. The van der Waals surface area contributed by atoms with Crippen molar-refractivity contribution in [3.63, 3.8) is 0 Å². The number of thioether (sulfide) groups is 1. The van der Waals surface area contributed by atoms with Gasteiger partial charge in [0.15, 0.2) is 0 Å². The zero-order chi connectivity index (χ0) is 10.4. The summed E-state index contributed by atoms with van der Waals surface area (Å²) in [4.78, 5) is 3.95. The van der Waals surface area contributed by atoms with Gasteiger partial charge in [-0.1, -0.05) is 18.5 Å². The molecule has 0 bridgehead atoms. The lowest BCUT2D eigenvalue weighted by molar-refractivity contribution is 0.912. The van der Waals surface area contributed by atoms with Gasteiger partial charge in [-0.3, -0.25) is 4.98 Å². The van der Waals surface area contributed by atoms with E-state index in [2.05, 4.69) is 11.9 Å². The van der Waals surface area contributed by atoms with Gasteiger partial charge >= 0.3 is 0 Å². The van der Waals surface area contributed by atoms with Crippen LogP contribution in [0.1, 0.15) is 18.9 Å². The summed E-state index contributed by atoms with van der Waals surface area (Å²) in [5.41, 5.74) is 1.15. The molecule has 1 heterocycles. The van der Waals surface area contributed by atoms with E-state index in [1.807, 2.05) is 17.8 Å². The minimum absolute atomic E-state index is 0.580. The van der Waals surface area contributed by atoms with Crippen molar-refractivity contribution in [3.8, 4) is 0 Å². The number of aromatic nitrogens is 1. The van der Waals surface area contributed by atoms with E-state index in [0.29, 0.717) is 5.25 Å². The highest BCUT2D eigenvalue weighted by molar-refractivity contribution is 7.99. The zero-order valence-corrected chi connectivity index (χ0v) is 10.4. The van der Waals surface area contributed by atoms with Crippen molar-refractivity contribution in [1.29, 1.82) is 0 Å². The second kappa shape index (κ2) is 6.54. The number of alkyl halides is 1. The first-order valence-electron chi connectivity index (χ1n) is 4.50. The summed E-state index contributed by atoms with van der Waals surface area (Å²) in [7, 11) is 0. The largest absolute Gasteiger partial charge is 0.263 e. The van der Waals surface area contributed by atoms with Crippen LogP contribution in [0.4, 0.5) is 0 Å². The van der Waals surface area contributed by atoms with E-state index < -0.39 is 0 Å². The van der Waals surface area contributed by atoms with E-state index in [-0.39, 0.29) is 0 Å². The number of hydrogen-bond acceptors (Lipinski definition) is 2. The van der Waals surface area contributed by atoms with Gasteiger partial charge in [0.1, 0.15) is 0 Å². The molecule has 0 saturated carbocycles. The topological polar surface area (TPSA) is 12.9 Å². The van der Waals surface area contributed by atoms with Crippen LogP contribution in [0.2, 0.25) is 5.02 Å². The molecule has 4 heteroatoms. The van der Waals surface area contributed by atoms with Crippen LogP contribution < -0.4 is 0 Å². The van der Waals surface area contributed by atoms with Crippen LogP contribution in [-0.2, 0) is 5.75 Å². The first kappa shape index (κ1) is 12.2. The molecule has 0 fully saturated rings. The molecule has 1 atom stereocenters. The van der Waals surface area contributed by atoms with E-state index >= 15 is 0 Å². The summed E-state index contributed by atoms with van der Waals surface area (Å²) in [6.07, 6.45) is 4.49. The summed E-state index contributed by atoms with van der Waals surface area (Å²) in [6, 6.07) is 1.96. The Kier molecular flexibility index (Phi) is 5.68. The average molecular weight is 250 g/mol. The summed E-state index contributed by atoms with van der Waals surface area (Å²) in [6.45, 7) is 2.18. The third kappa shape index (κ3) is 4.07. The first-order chi connectivity index (χ1) is 6.74. The zero-order valence-electron chi connectivity index (χ0n) is 8.04. The fourth-order valence-corrected chi connectivity index (χ4v) is 2.71. The van der Waals surface area contributed by atoms with Crippen LogP contribution in [0, 0.1) is 0 Å². The maximum Gasteiger partial charge on any atom is 0.0629 e. The Morgan fingerprint density at radius 2 is 2.36 bits per heavy atom. The molecule has 0 N–H and O–H groups in total. The number of nitrogens with zero attached hydrogens (tertiary/aromatic N) is 1. The van der Waals surface area contributed by atoms with Crippen LogP contribution in [0.5, 0.6) is 0 Å². The average Bonchev–Trinajstić information content (AvgIpc) is 2.17. The summed E-state index contributed by atoms with van der Waals surface area (Å²) in [5.74, 6) is 1.65. The molecule has 0 radical (unpaired) electrons. The van der Waals surface area contributed by atoms with Gasteiger partial charge in [0.25, 0.3) is 0 Å². The molecular weight excluding hydrogens is 237 g/mol. The van der Waals surface area contributed by atoms with Gasteiger partial charge in [-0.2, -0.15) is 11.8 Å². The van der Waals surface area contributed by atoms with E-state index in [1.165, 1.54) is 0 Å². The first-order valence-corrected chi connectivity index (χ1v) is 6.46. The van der Waals surface area contributed by atoms with E-state index in [4.69, 9.17) is 23.2 Å². The molecule has 1 unspecified atom stereocenters. The molecule has 0 aliphatic rings. The van der Waals surface area contributed by atoms with Crippen molar-refractivity contribution >= 4 is 35.0 Å². The Morgan fingerprint density at radius 3 is 3.00 bits per heavy atom. The van der Waals surface area contributed by atoms with Crippen LogP contribution in [0.3, 0.4) is 0 Å². The smallest absolute Gasteiger partial charge is 0.0629 e. The summed E-state index contributed by atoms with van der Waals surface area (Å²) in [5, 5.41) is 1.33. The number of hydrogen-bond donors (Lipinski definition) is 0. The third-order valence-electron chi connectivity index (χ3n) is 1.90.